The van der Waals surface area contributed by atoms with Crippen molar-refractivity contribution in [1.82, 2.24) is 18.8 Å². The summed E-state index contributed by atoms with van der Waals surface area (Å²) >= 11 is 9.31. The van der Waals surface area contributed by atoms with Gasteiger partial charge in [0.2, 0.25) is 0 Å². The van der Waals surface area contributed by atoms with E-state index in [1.54, 1.807) is 19.2 Å². The Bertz CT molecular complexity index is 3100. The number of rotatable bonds is 3. The lowest BCUT2D eigenvalue weighted by Crippen LogP contribution is -1.96. The normalized spacial score (nSPS) is 11.2. The van der Waals surface area contributed by atoms with Crippen LogP contribution < -0.4 is 4.74 Å². The smallest absolute Gasteiger partial charge is 0.369 e. The first-order valence-electron chi connectivity index (χ1n) is 18.5. The highest BCUT2D eigenvalue weighted by molar-refractivity contribution is 9.69. The molecule has 0 aliphatic carbocycles. The number of halogens is 3. The standard InChI is InChI=1S/C24H20N2O.C23H18N2O.BBr3/c1-15-7-6-8-16(2)23(15)22-14-25-24-20-13-17(27-3)11-12-18(20)19-9-4-5-10-21(19)26(22)24;1-14-6-5-7-15(2)22(14)21-13-24-23-19-12-16(26)10-11-17(19)18-8-3-4-9-20(18)25(21)23;2-1(3)4/h4-14H,1-3H3;3-13,26H,1-2H3;. The fourth-order valence-corrected chi connectivity index (χ4v) is 8.18. The molecule has 57 heavy (non-hydrogen) atoms. The van der Waals surface area contributed by atoms with Crippen LogP contribution in [0.4, 0.5) is 0 Å². The summed E-state index contributed by atoms with van der Waals surface area (Å²) in [6, 6.07) is 41.4. The average molecular weight is 941 g/mol. The topological polar surface area (TPSA) is 64.1 Å². The molecule has 10 rings (SSSR count). The molecule has 0 saturated carbocycles. The van der Waals surface area contributed by atoms with Crippen LogP contribution in [0.25, 0.3) is 77.2 Å². The van der Waals surface area contributed by atoms with Gasteiger partial charge in [-0.15, -0.1) is 47.3 Å². The number of fused-ring (bicyclic) bond motifs is 12. The minimum atomic E-state index is 0.256. The van der Waals surface area contributed by atoms with Gasteiger partial charge in [0.05, 0.1) is 41.9 Å². The maximum Gasteiger partial charge on any atom is 0.369 e. The molecule has 4 heterocycles. The summed E-state index contributed by atoms with van der Waals surface area (Å²) in [6.07, 6.45) is 3.94. The molecule has 6 aromatic carbocycles. The molecule has 0 unspecified atom stereocenters. The summed E-state index contributed by atoms with van der Waals surface area (Å²) < 4.78 is 10.2. The van der Waals surface area contributed by atoms with Crippen molar-refractivity contribution in [3.8, 4) is 34.0 Å². The third kappa shape index (κ3) is 7.09. The van der Waals surface area contributed by atoms with Crippen molar-refractivity contribution in [2.75, 3.05) is 7.11 Å². The first-order chi connectivity index (χ1) is 27.6. The van der Waals surface area contributed by atoms with Gasteiger partial charge in [-0.3, -0.25) is 8.80 Å². The molecule has 0 bridgehead atoms. The van der Waals surface area contributed by atoms with E-state index < -0.39 is 0 Å². The lowest BCUT2D eigenvalue weighted by atomic mass is 10.00. The molecule has 1 N–H and O–H groups in total. The number of aromatic hydroxyl groups is 1. The van der Waals surface area contributed by atoms with Gasteiger partial charge < -0.3 is 9.84 Å². The molecular formula is C47H38BBr3N4O2. The van der Waals surface area contributed by atoms with Crippen LogP contribution in [0.5, 0.6) is 11.5 Å². The van der Waals surface area contributed by atoms with Crippen molar-refractivity contribution in [3.05, 3.63) is 156 Å². The minimum absolute atomic E-state index is 0.256. The maximum absolute atomic E-state index is 10.0. The lowest BCUT2D eigenvalue weighted by molar-refractivity contribution is 0.415. The fourth-order valence-electron chi connectivity index (χ4n) is 8.18. The van der Waals surface area contributed by atoms with Crippen LogP contribution >= 0.6 is 47.3 Å². The predicted molar refractivity (Wildman–Crippen MR) is 251 cm³/mol. The van der Waals surface area contributed by atoms with Crippen molar-refractivity contribution < 1.29 is 9.84 Å². The van der Waals surface area contributed by atoms with Crippen molar-refractivity contribution in [2.24, 2.45) is 0 Å². The quantitative estimate of drug-likeness (QED) is 0.142. The molecule has 282 valence electrons. The second-order valence-corrected chi connectivity index (χ2v) is 20.5. The Morgan fingerprint density at radius 1 is 0.509 bits per heavy atom. The van der Waals surface area contributed by atoms with Gasteiger partial charge in [-0.1, -0.05) is 72.8 Å². The molecular weight excluding hydrogens is 903 g/mol. The molecule has 0 spiro atoms. The van der Waals surface area contributed by atoms with Crippen LogP contribution in [-0.4, -0.2) is 34.2 Å². The highest BCUT2D eigenvalue weighted by Gasteiger charge is 2.18. The number of aryl methyl sites for hydroxylation is 4. The van der Waals surface area contributed by atoms with Gasteiger partial charge in [0.15, 0.2) is 0 Å². The Morgan fingerprint density at radius 2 is 0.930 bits per heavy atom. The van der Waals surface area contributed by atoms with Crippen LogP contribution in [0.3, 0.4) is 0 Å². The molecule has 0 atom stereocenters. The number of hydrogen-bond donors (Lipinski definition) is 1. The number of methoxy groups -OCH3 is 1. The number of hydrogen-bond acceptors (Lipinski definition) is 4. The van der Waals surface area contributed by atoms with E-state index in [2.05, 4.69) is 181 Å². The van der Waals surface area contributed by atoms with E-state index in [4.69, 9.17) is 14.7 Å². The third-order valence-corrected chi connectivity index (χ3v) is 10.6. The Hall–Kier alpha value is -5.16. The zero-order chi connectivity index (χ0) is 40.0. The molecule has 0 radical (unpaired) electrons. The number of ether oxygens (including phenoxy) is 1. The second kappa shape index (κ2) is 16.0. The molecule has 4 aromatic heterocycles. The zero-order valence-electron chi connectivity index (χ0n) is 32.1. The van der Waals surface area contributed by atoms with Gasteiger partial charge in [-0.05, 0) is 109 Å². The molecule has 10 heteroatoms. The number of nitrogens with zero attached hydrogens (tertiary/aromatic N) is 4. The van der Waals surface area contributed by atoms with Crippen LogP contribution in [0, 0.1) is 27.7 Å². The number of aromatic nitrogens is 4. The second-order valence-electron chi connectivity index (χ2n) is 14.1. The Balaban J connectivity index is 0.000000146. The van der Waals surface area contributed by atoms with E-state index in [1.807, 2.05) is 24.5 Å². The van der Waals surface area contributed by atoms with E-state index in [9.17, 15) is 5.11 Å². The summed E-state index contributed by atoms with van der Waals surface area (Å²) in [4.78, 5) is 9.59. The highest BCUT2D eigenvalue weighted by atomic mass is 79.9. The molecule has 0 aliphatic rings. The van der Waals surface area contributed by atoms with E-state index in [1.165, 1.54) is 49.7 Å². The van der Waals surface area contributed by atoms with E-state index >= 15 is 0 Å². The van der Waals surface area contributed by atoms with Crippen molar-refractivity contribution in [1.29, 1.82) is 0 Å². The number of benzene rings is 6. The summed E-state index contributed by atoms with van der Waals surface area (Å²) in [5.74, 6) is 1.10. The zero-order valence-corrected chi connectivity index (χ0v) is 36.8. The largest absolute Gasteiger partial charge is 0.508 e. The van der Waals surface area contributed by atoms with Crippen molar-refractivity contribution in [2.45, 2.75) is 27.7 Å². The number of pyridine rings is 2. The summed E-state index contributed by atoms with van der Waals surface area (Å²) in [7, 11) is 1.70. The molecule has 6 nitrogen and oxygen atoms in total. The van der Waals surface area contributed by atoms with Gasteiger partial charge in [0.1, 0.15) is 22.8 Å². The fraction of sp³-hybridized carbons (Fsp3) is 0.106. The van der Waals surface area contributed by atoms with E-state index in [0.717, 1.165) is 55.5 Å². The molecule has 0 saturated heterocycles. The molecule has 0 fully saturated rings. The Morgan fingerprint density at radius 3 is 1.39 bits per heavy atom. The highest BCUT2D eigenvalue weighted by Crippen LogP contribution is 2.38. The van der Waals surface area contributed by atoms with Gasteiger partial charge >= 0.3 is 3.18 Å². The summed E-state index contributed by atoms with van der Waals surface area (Å²) in [5, 5.41) is 16.8. The molecule has 0 aliphatic heterocycles. The first-order valence-corrected chi connectivity index (χ1v) is 21.2. The van der Waals surface area contributed by atoms with Gasteiger partial charge in [0.25, 0.3) is 0 Å². The lowest BCUT2D eigenvalue weighted by Gasteiger charge is -2.14. The monoisotopic (exact) mass is 938 g/mol. The van der Waals surface area contributed by atoms with Crippen LogP contribution in [0.2, 0.25) is 0 Å². The van der Waals surface area contributed by atoms with E-state index in [0.29, 0.717) is 0 Å². The predicted octanol–water partition coefficient (Wildman–Crippen LogP) is 13.7. The number of phenols is 1. The number of phenolic OH excluding ortho intramolecular Hbond substituents is 1. The van der Waals surface area contributed by atoms with Crippen LogP contribution in [0.1, 0.15) is 22.3 Å². The van der Waals surface area contributed by atoms with Crippen LogP contribution in [0.15, 0.2) is 134 Å². The minimum Gasteiger partial charge on any atom is -0.508 e. The molecule has 0 amide bonds. The molecule has 10 aromatic rings. The van der Waals surface area contributed by atoms with Gasteiger partial charge in [-0.25, -0.2) is 9.97 Å². The SMILES string of the molecule is BrB(Br)Br.COc1ccc2c3ccccc3n3c(-c4c(C)cccc4C)cnc3c2c1.Cc1cccc(C)c1-c1cnc2c3cc(O)ccc3c3ccccc3n12. The van der Waals surface area contributed by atoms with Crippen LogP contribution in [-0.2, 0) is 0 Å². The Labute approximate surface area is 356 Å². The van der Waals surface area contributed by atoms with E-state index in [-0.39, 0.29) is 8.93 Å². The summed E-state index contributed by atoms with van der Waals surface area (Å²) in [6.45, 7) is 8.59. The van der Waals surface area contributed by atoms with Gasteiger partial charge in [-0.2, -0.15) is 0 Å². The summed E-state index contributed by atoms with van der Waals surface area (Å²) in [5.41, 5.74) is 13.8. The third-order valence-electron chi connectivity index (χ3n) is 10.6. The number of imidazole rings is 2. The first kappa shape index (κ1) is 38.7. The van der Waals surface area contributed by atoms with Gasteiger partial charge in [0, 0.05) is 32.7 Å². The van der Waals surface area contributed by atoms with Crippen molar-refractivity contribution in [3.63, 3.8) is 0 Å². The average Bonchev–Trinajstić information content (AvgIpc) is 3.84. The maximum atomic E-state index is 10.0. The number of para-hydroxylation sites is 2. The Kier molecular flexibility index (Phi) is 10.9. The van der Waals surface area contributed by atoms with Crippen molar-refractivity contribution >= 4 is 105 Å².